The molecule has 0 aliphatic carbocycles. The molecule has 0 saturated carbocycles. The third kappa shape index (κ3) is 4.08. The number of rotatable bonds is 5. The molecule has 1 saturated heterocycles. The van der Waals surface area contributed by atoms with Gasteiger partial charge >= 0.3 is 0 Å². The second-order valence-electron chi connectivity index (χ2n) is 6.89. The van der Waals surface area contributed by atoms with Crippen LogP contribution in [0.25, 0.3) is 0 Å². The molecule has 1 aliphatic rings. The number of carbonyl (C=O) groups is 1. The third-order valence-corrected chi connectivity index (χ3v) is 4.59. The van der Waals surface area contributed by atoms with E-state index in [1.54, 1.807) is 0 Å². The Labute approximate surface area is 152 Å². The summed E-state index contributed by atoms with van der Waals surface area (Å²) in [7, 11) is 2.03. The molecule has 0 spiro atoms. The first-order valence-corrected chi connectivity index (χ1v) is 8.76. The van der Waals surface area contributed by atoms with Crippen LogP contribution in [0.1, 0.15) is 48.0 Å². The number of nitrogens with zero attached hydrogens (tertiary/aromatic N) is 3. The van der Waals surface area contributed by atoms with Gasteiger partial charge in [0.25, 0.3) is 5.91 Å². The number of carbonyl (C=O) groups excluding carboxylic acids is 1. The zero-order chi connectivity index (χ0) is 18.7. The fraction of sp³-hybridized carbons (Fsp3) is 0.500. The highest BCUT2D eigenvalue weighted by molar-refractivity contribution is 5.94. The number of nitrogens with one attached hydrogen (secondary N) is 2. The van der Waals surface area contributed by atoms with Crippen molar-refractivity contribution in [1.29, 1.82) is 0 Å². The summed E-state index contributed by atoms with van der Waals surface area (Å²) in [5.41, 5.74) is 0.382. The number of hydrogen-bond acceptors (Lipinski definition) is 6. The predicted octanol–water partition coefficient (Wildman–Crippen LogP) is 1.91. The van der Waals surface area contributed by atoms with Crippen molar-refractivity contribution in [2.45, 2.75) is 25.9 Å². The fourth-order valence-corrected chi connectivity index (χ4v) is 2.94. The Morgan fingerprint density at radius 3 is 2.77 bits per heavy atom. The molecule has 140 valence electrons. The summed E-state index contributed by atoms with van der Waals surface area (Å²) >= 11 is 0. The topological polar surface area (TPSA) is 83.3 Å². The minimum atomic E-state index is -0.421. The van der Waals surface area contributed by atoms with Crippen molar-refractivity contribution >= 4 is 5.91 Å². The Kier molecular flexibility index (Phi) is 5.63. The highest BCUT2D eigenvalue weighted by Crippen LogP contribution is 2.24. The molecule has 1 aliphatic heterocycles. The average Bonchev–Trinajstić information content (AvgIpc) is 3.09. The molecule has 1 aromatic carbocycles. The van der Waals surface area contributed by atoms with Gasteiger partial charge in [0.15, 0.2) is 5.82 Å². The maximum atomic E-state index is 13.0. The number of piperazine rings is 1. The molecule has 2 atom stereocenters. The van der Waals surface area contributed by atoms with E-state index < -0.39 is 6.04 Å². The van der Waals surface area contributed by atoms with E-state index in [2.05, 4.69) is 25.7 Å². The van der Waals surface area contributed by atoms with E-state index in [1.807, 2.05) is 20.9 Å². The Bertz CT molecular complexity index is 746. The van der Waals surface area contributed by atoms with Gasteiger partial charge in [-0.15, -0.1) is 0 Å². The van der Waals surface area contributed by atoms with Crippen molar-refractivity contribution in [2.24, 2.45) is 5.92 Å². The third-order valence-electron chi connectivity index (χ3n) is 4.59. The molecule has 1 fully saturated rings. The molecule has 7 nitrogen and oxygen atoms in total. The average molecular weight is 361 g/mol. The Balaban J connectivity index is 1.75. The van der Waals surface area contributed by atoms with Crippen LogP contribution in [-0.2, 0) is 0 Å². The van der Waals surface area contributed by atoms with Gasteiger partial charge in [-0.3, -0.25) is 9.69 Å². The second kappa shape index (κ2) is 7.92. The van der Waals surface area contributed by atoms with Gasteiger partial charge in [-0.1, -0.05) is 19.0 Å². The summed E-state index contributed by atoms with van der Waals surface area (Å²) in [5.74, 6) is 0.351. The maximum Gasteiger partial charge on any atom is 0.251 e. The van der Waals surface area contributed by atoms with Crippen molar-refractivity contribution in [3.8, 4) is 0 Å². The molecule has 1 amide bonds. The van der Waals surface area contributed by atoms with Gasteiger partial charge in [0.05, 0.1) is 6.04 Å². The van der Waals surface area contributed by atoms with Gasteiger partial charge in [-0.25, -0.2) is 4.39 Å². The summed E-state index contributed by atoms with van der Waals surface area (Å²) in [6.07, 6.45) is 0. The van der Waals surface area contributed by atoms with Crippen molar-refractivity contribution in [3.63, 3.8) is 0 Å². The molecular weight excluding hydrogens is 337 g/mol. The smallest absolute Gasteiger partial charge is 0.251 e. The van der Waals surface area contributed by atoms with E-state index in [9.17, 15) is 9.18 Å². The first-order chi connectivity index (χ1) is 12.5. The Morgan fingerprint density at radius 2 is 2.12 bits per heavy atom. The standard InChI is InChI=1S/C18H24FN5O2/c1-11(2)15(21-17(25)12-4-6-13(19)7-5-12)18-22-16(23-26-18)14-10-20-8-9-24(14)3/h4-7,11,14-15,20H,8-10H2,1-3H3,(H,21,25). The van der Waals surface area contributed by atoms with Crippen molar-refractivity contribution in [3.05, 3.63) is 47.4 Å². The molecule has 2 unspecified atom stereocenters. The summed E-state index contributed by atoms with van der Waals surface area (Å²) < 4.78 is 18.5. The lowest BCUT2D eigenvalue weighted by Gasteiger charge is -2.30. The predicted molar refractivity (Wildman–Crippen MR) is 94.0 cm³/mol. The number of aromatic nitrogens is 2. The van der Waals surface area contributed by atoms with Crippen molar-refractivity contribution in [2.75, 3.05) is 26.7 Å². The quantitative estimate of drug-likeness (QED) is 0.847. The van der Waals surface area contributed by atoms with Crippen LogP contribution in [0.5, 0.6) is 0 Å². The minimum Gasteiger partial charge on any atom is -0.340 e. The Hall–Kier alpha value is -2.32. The van der Waals surface area contributed by atoms with Crippen LogP contribution in [0.4, 0.5) is 4.39 Å². The molecule has 8 heteroatoms. The van der Waals surface area contributed by atoms with Crippen LogP contribution in [0.15, 0.2) is 28.8 Å². The zero-order valence-corrected chi connectivity index (χ0v) is 15.2. The molecule has 26 heavy (non-hydrogen) atoms. The monoisotopic (exact) mass is 361 g/mol. The number of halogens is 1. The van der Waals surface area contributed by atoms with Gasteiger partial charge in [-0.2, -0.15) is 4.98 Å². The van der Waals surface area contributed by atoms with E-state index in [0.717, 1.165) is 19.6 Å². The van der Waals surface area contributed by atoms with E-state index in [1.165, 1.54) is 24.3 Å². The second-order valence-corrected chi connectivity index (χ2v) is 6.89. The molecular formula is C18H24FN5O2. The highest BCUT2D eigenvalue weighted by atomic mass is 19.1. The van der Waals surface area contributed by atoms with Crippen LogP contribution < -0.4 is 10.6 Å². The summed E-state index contributed by atoms with van der Waals surface area (Å²) in [5, 5.41) is 10.3. The van der Waals surface area contributed by atoms with Crippen LogP contribution in [0.2, 0.25) is 0 Å². The van der Waals surface area contributed by atoms with Crippen LogP contribution in [-0.4, -0.2) is 47.6 Å². The minimum absolute atomic E-state index is 0.0434. The lowest BCUT2D eigenvalue weighted by molar-refractivity contribution is 0.0914. The maximum absolute atomic E-state index is 13.0. The molecule has 2 aromatic rings. The molecule has 1 aromatic heterocycles. The largest absolute Gasteiger partial charge is 0.340 e. The zero-order valence-electron chi connectivity index (χ0n) is 15.2. The van der Waals surface area contributed by atoms with Crippen molar-refractivity contribution in [1.82, 2.24) is 25.7 Å². The molecule has 3 rings (SSSR count). The highest BCUT2D eigenvalue weighted by Gasteiger charge is 2.29. The lowest BCUT2D eigenvalue weighted by Crippen LogP contribution is -2.44. The molecule has 2 heterocycles. The van der Waals surface area contributed by atoms with Gasteiger partial charge in [0.1, 0.15) is 11.9 Å². The van der Waals surface area contributed by atoms with Gasteiger partial charge in [0, 0.05) is 25.2 Å². The molecule has 0 radical (unpaired) electrons. The van der Waals surface area contributed by atoms with E-state index in [0.29, 0.717) is 17.3 Å². The normalized spacial score (nSPS) is 19.5. The van der Waals surface area contributed by atoms with Crippen LogP contribution in [0.3, 0.4) is 0 Å². The van der Waals surface area contributed by atoms with Gasteiger partial charge < -0.3 is 15.2 Å². The lowest BCUT2D eigenvalue weighted by atomic mass is 10.0. The summed E-state index contributed by atoms with van der Waals surface area (Å²) in [6.45, 7) is 6.52. The van der Waals surface area contributed by atoms with Crippen LogP contribution >= 0.6 is 0 Å². The van der Waals surface area contributed by atoms with Crippen molar-refractivity contribution < 1.29 is 13.7 Å². The number of hydrogen-bond donors (Lipinski definition) is 2. The molecule has 2 N–H and O–H groups in total. The van der Waals surface area contributed by atoms with E-state index in [-0.39, 0.29) is 23.7 Å². The summed E-state index contributed by atoms with van der Waals surface area (Å²) in [6, 6.07) is 5.04. The van der Waals surface area contributed by atoms with E-state index >= 15 is 0 Å². The van der Waals surface area contributed by atoms with E-state index in [4.69, 9.17) is 4.52 Å². The van der Waals surface area contributed by atoms with Gasteiger partial charge in [-0.05, 0) is 37.2 Å². The van der Waals surface area contributed by atoms with Crippen LogP contribution in [0, 0.1) is 11.7 Å². The molecule has 0 bridgehead atoms. The summed E-state index contributed by atoms with van der Waals surface area (Å²) in [4.78, 5) is 19.2. The number of benzene rings is 1. The first kappa shape index (κ1) is 18.5. The fourth-order valence-electron chi connectivity index (χ4n) is 2.94. The first-order valence-electron chi connectivity index (χ1n) is 8.76. The Morgan fingerprint density at radius 1 is 1.38 bits per heavy atom. The SMILES string of the molecule is CC(C)C(NC(=O)c1ccc(F)cc1)c1nc(C2CNCCN2C)no1. The number of likely N-dealkylation sites (N-methyl/N-ethyl adjacent to an activating group) is 1. The van der Waals surface area contributed by atoms with Gasteiger partial charge in [0.2, 0.25) is 5.89 Å². The number of amides is 1.